The first-order chi connectivity index (χ1) is 16.2. The van der Waals surface area contributed by atoms with Crippen molar-refractivity contribution >= 4 is 43.8 Å². The van der Waals surface area contributed by atoms with Crippen LogP contribution in [0.5, 0.6) is 0 Å². The summed E-state index contributed by atoms with van der Waals surface area (Å²) in [5.41, 5.74) is 0.702. The molecule has 0 bridgehead atoms. The van der Waals surface area contributed by atoms with E-state index in [1.807, 2.05) is 31.1 Å². The highest BCUT2D eigenvalue weighted by Crippen LogP contribution is 2.31. The molecule has 0 spiro atoms. The third kappa shape index (κ3) is 4.55. The number of benzene rings is 4. The lowest BCUT2D eigenvalue weighted by Crippen LogP contribution is -2.16. The molecule has 4 rings (SSSR count). The number of halogens is 2. The lowest BCUT2D eigenvalue weighted by atomic mass is 10.1. The fraction of sp³-hybridized carbons (Fsp3) is 0.0800. The van der Waals surface area contributed by atoms with Crippen molar-refractivity contribution in [2.75, 3.05) is 29.0 Å². The molecular formula is C25H21F2N3O3S. The van der Waals surface area contributed by atoms with Crippen LogP contribution in [0.1, 0.15) is 10.4 Å². The van der Waals surface area contributed by atoms with Gasteiger partial charge in [0.15, 0.2) is 0 Å². The van der Waals surface area contributed by atoms with E-state index in [4.69, 9.17) is 0 Å². The van der Waals surface area contributed by atoms with Crippen molar-refractivity contribution in [2.45, 2.75) is 4.90 Å². The summed E-state index contributed by atoms with van der Waals surface area (Å²) < 4.78 is 56.4. The van der Waals surface area contributed by atoms with E-state index in [2.05, 4.69) is 10.0 Å². The van der Waals surface area contributed by atoms with Gasteiger partial charge in [-0.2, -0.15) is 0 Å². The van der Waals surface area contributed by atoms with Crippen molar-refractivity contribution in [3.63, 3.8) is 0 Å². The Kier molecular flexibility index (Phi) is 6.21. The minimum atomic E-state index is -3.93. The summed E-state index contributed by atoms with van der Waals surface area (Å²) in [5.74, 6) is -2.90. The lowest BCUT2D eigenvalue weighted by molar-refractivity contribution is 0.101. The average molecular weight is 482 g/mol. The van der Waals surface area contributed by atoms with E-state index in [0.29, 0.717) is 5.39 Å². The van der Waals surface area contributed by atoms with Gasteiger partial charge >= 0.3 is 0 Å². The molecule has 4 aromatic carbocycles. The Morgan fingerprint density at radius 1 is 0.765 bits per heavy atom. The summed E-state index contributed by atoms with van der Waals surface area (Å²) in [6.07, 6.45) is 0. The third-order valence-corrected chi connectivity index (χ3v) is 6.65. The topological polar surface area (TPSA) is 78.5 Å². The predicted molar refractivity (Wildman–Crippen MR) is 130 cm³/mol. The first kappa shape index (κ1) is 23.2. The molecule has 0 radical (unpaired) electrons. The van der Waals surface area contributed by atoms with Crippen LogP contribution in [0, 0.1) is 11.6 Å². The fourth-order valence-electron chi connectivity index (χ4n) is 3.63. The number of nitrogens with one attached hydrogen (secondary N) is 2. The summed E-state index contributed by atoms with van der Waals surface area (Å²) in [6, 6.07) is 19.4. The molecule has 6 nitrogen and oxygen atoms in total. The monoisotopic (exact) mass is 481 g/mol. The number of anilines is 3. The molecule has 0 aliphatic rings. The van der Waals surface area contributed by atoms with E-state index in [1.165, 1.54) is 36.4 Å². The molecule has 34 heavy (non-hydrogen) atoms. The van der Waals surface area contributed by atoms with Gasteiger partial charge < -0.3 is 10.2 Å². The average Bonchev–Trinajstić information content (AvgIpc) is 2.79. The Hall–Kier alpha value is -3.98. The van der Waals surface area contributed by atoms with Gasteiger partial charge in [0.25, 0.3) is 15.9 Å². The van der Waals surface area contributed by atoms with Crippen LogP contribution in [0.4, 0.5) is 25.8 Å². The van der Waals surface area contributed by atoms with Crippen molar-refractivity contribution in [2.24, 2.45) is 0 Å². The molecule has 4 aromatic rings. The molecule has 1 amide bonds. The van der Waals surface area contributed by atoms with Gasteiger partial charge in [0.1, 0.15) is 17.2 Å². The van der Waals surface area contributed by atoms with Crippen LogP contribution in [0.2, 0.25) is 0 Å². The summed E-state index contributed by atoms with van der Waals surface area (Å²) in [7, 11) is -0.160. The largest absolute Gasteiger partial charge is 0.377 e. The van der Waals surface area contributed by atoms with E-state index < -0.39 is 33.1 Å². The first-order valence-electron chi connectivity index (χ1n) is 10.2. The number of amides is 1. The minimum Gasteiger partial charge on any atom is -0.377 e. The van der Waals surface area contributed by atoms with Crippen molar-refractivity contribution in [1.29, 1.82) is 0 Å². The molecule has 0 heterocycles. The van der Waals surface area contributed by atoms with Crippen LogP contribution < -0.4 is 14.9 Å². The van der Waals surface area contributed by atoms with E-state index in [1.54, 1.807) is 18.2 Å². The molecule has 0 atom stereocenters. The number of hydrogen-bond acceptors (Lipinski definition) is 4. The Labute approximate surface area is 195 Å². The highest BCUT2D eigenvalue weighted by Gasteiger charge is 2.20. The Bertz CT molecular complexity index is 1470. The molecule has 9 heteroatoms. The van der Waals surface area contributed by atoms with Crippen molar-refractivity contribution in [1.82, 2.24) is 0 Å². The molecule has 0 aliphatic carbocycles. The van der Waals surface area contributed by atoms with Gasteiger partial charge in [-0.15, -0.1) is 0 Å². The standard InChI is InChI=1S/C25H21F2N3O3S/c1-30(2)22-10-3-7-19-18(22)6-4-11-23(19)34(32,33)29-17-14-12-16(13-15-17)28-25(31)24-20(26)8-5-9-21(24)27/h3-15,29H,1-2H3,(H,28,31). The quantitative estimate of drug-likeness (QED) is 0.395. The molecule has 0 saturated heterocycles. The maximum Gasteiger partial charge on any atom is 0.262 e. The molecule has 0 aliphatic heterocycles. The summed E-state index contributed by atoms with van der Waals surface area (Å²) >= 11 is 0. The predicted octanol–water partition coefficient (Wildman–Crippen LogP) is 5.24. The Balaban J connectivity index is 1.57. The zero-order valence-electron chi connectivity index (χ0n) is 18.3. The SMILES string of the molecule is CN(C)c1cccc2c(S(=O)(=O)Nc3ccc(NC(=O)c4c(F)cccc4F)cc3)cccc12. The molecular weight excluding hydrogens is 460 g/mol. The molecule has 174 valence electrons. The van der Waals surface area contributed by atoms with Gasteiger partial charge in [0, 0.05) is 41.9 Å². The molecule has 0 aromatic heterocycles. The zero-order valence-corrected chi connectivity index (χ0v) is 19.2. The second-order valence-corrected chi connectivity index (χ2v) is 9.41. The third-order valence-electron chi connectivity index (χ3n) is 5.22. The Morgan fingerprint density at radius 3 is 1.97 bits per heavy atom. The van der Waals surface area contributed by atoms with Crippen LogP contribution in [0.15, 0.2) is 83.8 Å². The van der Waals surface area contributed by atoms with E-state index in [9.17, 15) is 22.0 Å². The second kappa shape index (κ2) is 9.11. The van der Waals surface area contributed by atoms with Gasteiger partial charge in [-0.25, -0.2) is 17.2 Å². The number of rotatable bonds is 6. The first-order valence-corrected chi connectivity index (χ1v) is 11.7. The normalized spacial score (nSPS) is 11.3. The number of carbonyl (C=O) groups is 1. The van der Waals surface area contributed by atoms with E-state index in [0.717, 1.165) is 23.2 Å². The van der Waals surface area contributed by atoms with Crippen LogP contribution in [0.25, 0.3) is 10.8 Å². The van der Waals surface area contributed by atoms with Gasteiger partial charge in [-0.1, -0.05) is 30.3 Å². The second-order valence-electron chi connectivity index (χ2n) is 7.76. The van der Waals surface area contributed by atoms with Crippen LogP contribution in [0.3, 0.4) is 0 Å². The number of carbonyl (C=O) groups excluding carboxylic acids is 1. The maximum atomic E-state index is 13.8. The molecule has 0 saturated carbocycles. The van der Waals surface area contributed by atoms with Gasteiger partial charge in [0.05, 0.1) is 4.90 Å². The number of nitrogens with zero attached hydrogens (tertiary/aromatic N) is 1. The highest BCUT2D eigenvalue weighted by molar-refractivity contribution is 7.93. The number of hydrogen-bond donors (Lipinski definition) is 2. The van der Waals surface area contributed by atoms with Gasteiger partial charge in [0.2, 0.25) is 0 Å². The van der Waals surface area contributed by atoms with Crippen LogP contribution >= 0.6 is 0 Å². The van der Waals surface area contributed by atoms with Crippen molar-refractivity contribution < 1.29 is 22.0 Å². The van der Waals surface area contributed by atoms with E-state index in [-0.39, 0.29) is 16.3 Å². The van der Waals surface area contributed by atoms with Gasteiger partial charge in [-0.3, -0.25) is 9.52 Å². The summed E-state index contributed by atoms with van der Waals surface area (Å²) in [4.78, 5) is 14.3. The number of sulfonamides is 1. The maximum absolute atomic E-state index is 13.8. The fourth-order valence-corrected chi connectivity index (χ4v) is 4.91. The highest BCUT2D eigenvalue weighted by atomic mass is 32.2. The minimum absolute atomic E-state index is 0.126. The smallest absolute Gasteiger partial charge is 0.262 e. The van der Waals surface area contributed by atoms with Crippen molar-refractivity contribution in [3.05, 3.63) is 96.1 Å². The summed E-state index contributed by atoms with van der Waals surface area (Å²) in [6.45, 7) is 0. The summed E-state index contributed by atoms with van der Waals surface area (Å²) in [5, 5.41) is 3.78. The van der Waals surface area contributed by atoms with Crippen LogP contribution in [-0.2, 0) is 10.0 Å². The van der Waals surface area contributed by atoms with Crippen LogP contribution in [-0.4, -0.2) is 28.4 Å². The number of fused-ring (bicyclic) bond motifs is 1. The molecule has 0 fully saturated rings. The lowest BCUT2D eigenvalue weighted by Gasteiger charge is -2.17. The van der Waals surface area contributed by atoms with Crippen molar-refractivity contribution in [3.8, 4) is 0 Å². The van der Waals surface area contributed by atoms with E-state index >= 15 is 0 Å². The van der Waals surface area contributed by atoms with Gasteiger partial charge in [-0.05, 0) is 48.5 Å². The zero-order chi connectivity index (χ0) is 24.5. The Morgan fingerprint density at radius 2 is 1.32 bits per heavy atom. The molecule has 0 unspecified atom stereocenters. The molecule has 2 N–H and O–H groups in total.